The maximum Gasteiger partial charge on any atom is 0.242 e. The highest BCUT2D eigenvalue weighted by atomic mass is 32.2. The van der Waals surface area contributed by atoms with Crippen molar-refractivity contribution in [1.82, 2.24) is 15.1 Å². The van der Waals surface area contributed by atoms with Crippen LogP contribution in [0.4, 0.5) is 10.1 Å². The smallest absolute Gasteiger partial charge is 0.242 e. The van der Waals surface area contributed by atoms with Crippen LogP contribution in [0, 0.1) is 12.7 Å². The third-order valence-electron chi connectivity index (χ3n) is 3.21. The van der Waals surface area contributed by atoms with Gasteiger partial charge in [-0.3, -0.25) is 10.1 Å². The Balaban J connectivity index is 1.76. The van der Waals surface area contributed by atoms with Crippen molar-refractivity contribution in [3.8, 4) is 5.69 Å². The van der Waals surface area contributed by atoms with Crippen LogP contribution < -0.4 is 10.6 Å². The predicted octanol–water partition coefficient (Wildman–Crippen LogP) is 1.92. The van der Waals surface area contributed by atoms with E-state index in [1.54, 1.807) is 36.3 Å². The number of nitrogens with zero attached hydrogens (tertiary/aromatic N) is 2. The molecule has 1 fully saturated rings. The van der Waals surface area contributed by atoms with Gasteiger partial charge in [0.1, 0.15) is 5.69 Å². The molecular weight excluding hydrogens is 291 g/mol. The van der Waals surface area contributed by atoms with Crippen LogP contribution in [0.3, 0.4) is 0 Å². The van der Waals surface area contributed by atoms with Gasteiger partial charge in [0.15, 0.2) is 5.82 Å². The third kappa shape index (κ3) is 3.08. The molecule has 2 heterocycles. The average Bonchev–Trinajstić information content (AvgIpc) is 3.10. The van der Waals surface area contributed by atoms with Gasteiger partial charge >= 0.3 is 0 Å². The molecule has 3 rings (SSSR count). The number of carbonyl (C=O) groups excluding carboxylic acids is 1. The summed E-state index contributed by atoms with van der Waals surface area (Å²) in [5.41, 5.74) is 1.76. The highest BCUT2D eigenvalue weighted by Crippen LogP contribution is 2.19. The zero-order valence-corrected chi connectivity index (χ0v) is 12.3. The van der Waals surface area contributed by atoms with E-state index < -0.39 is 5.82 Å². The van der Waals surface area contributed by atoms with E-state index in [0.29, 0.717) is 11.4 Å². The van der Waals surface area contributed by atoms with Gasteiger partial charge in [-0.25, -0.2) is 9.07 Å². The summed E-state index contributed by atoms with van der Waals surface area (Å²) >= 11 is 1.67. The number of nitrogens with one attached hydrogen (secondary N) is 2. The number of thioether (sulfide) groups is 1. The minimum atomic E-state index is -0.426. The summed E-state index contributed by atoms with van der Waals surface area (Å²) in [7, 11) is 0. The highest BCUT2D eigenvalue weighted by Gasteiger charge is 2.22. The van der Waals surface area contributed by atoms with E-state index in [-0.39, 0.29) is 11.9 Å². The van der Waals surface area contributed by atoms with Gasteiger partial charge in [-0.2, -0.15) is 5.10 Å². The van der Waals surface area contributed by atoms with Crippen molar-refractivity contribution >= 4 is 23.4 Å². The number of anilines is 1. The molecule has 1 aliphatic rings. The third-order valence-corrected chi connectivity index (χ3v) is 4.15. The molecule has 0 aliphatic carbocycles. The van der Waals surface area contributed by atoms with Crippen LogP contribution in [0.5, 0.6) is 0 Å². The number of benzene rings is 1. The Morgan fingerprint density at radius 2 is 2.43 bits per heavy atom. The first-order chi connectivity index (χ1) is 10.1. The summed E-state index contributed by atoms with van der Waals surface area (Å²) in [6.45, 7) is 1.89. The maximum atomic E-state index is 14.1. The number of amides is 1. The molecule has 0 bridgehead atoms. The molecule has 1 amide bonds. The maximum absolute atomic E-state index is 14.1. The molecule has 110 valence electrons. The molecular formula is C14H15FN4OS. The van der Waals surface area contributed by atoms with Crippen molar-refractivity contribution in [2.45, 2.75) is 13.0 Å². The molecule has 2 aromatic rings. The van der Waals surface area contributed by atoms with Crippen LogP contribution in [0.25, 0.3) is 5.69 Å². The normalized spacial score (nSPS) is 17.9. The standard InChI is InChI=1S/C14H15FN4OS/c1-9-5-17-19(6-9)13-3-2-10(4-11(13)15)18-14(20)12-7-21-8-16-12/h2-6,12,16H,7-8H2,1H3,(H,18,20). The summed E-state index contributed by atoms with van der Waals surface area (Å²) in [4.78, 5) is 12.0. The van der Waals surface area contributed by atoms with Gasteiger partial charge in [-0.15, -0.1) is 11.8 Å². The van der Waals surface area contributed by atoms with E-state index >= 15 is 0 Å². The molecule has 0 spiro atoms. The van der Waals surface area contributed by atoms with Crippen LogP contribution >= 0.6 is 11.8 Å². The molecule has 5 nitrogen and oxygen atoms in total. The van der Waals surface area contributed by atoms with E-state index in [1.807, 2.05) is 6.92 Å². The minimum Gasteiger partial charge on any atom is -0.325 e. The van der Waals surface area contributed by atoms with Crippen LogP contribution in [-0.4, -0.2) is 33.4 Å². The molecule has 2 N–H and O–H groups in total. The molecule has 1 aromatic heterocycles. The van der Waals surface area contributed by atoms with Gasteiger partial charge in [0.05, 0.1) is 12.2 Å². The molecule has 21 heavy (non-hydrogen) atoms. The van der Waals surface area contributed by atoms with Gasteiger partial charge in [0.2, 0.25) is 5.91 Å². The Kier molecular flexibility index (Phi) is 3.94. The molecule has 1 aromatic carbocycles. The summed E-state index contributed by atoms with van der Waals surface area (Å²) in [6, 6.07) is 4.38. The predicted molar refractivity (Wildman–Crippen MR) is 81.1 cm³/mol. The number of aryl methyl sites for hydroxylation is 1. The number of hydrogen-bond donors (Lipinski definition) is 2. The second-order valence-electron chi connectivity index (χ2n) is 4.89. The molecule has 7 heteroatoms. The van der Waals surface area contributed by atoms with E-state index in [2.05, 4.69) is 15.7 Å². The largest absolute Gasteiger partial charge is 0.325 e. The lowest BCUT2D eigenvalue weighted by Crippen LogP contribution is -2.37. The highest BCUT2D eigenvalue weighted by molar-refractivity contribution is 7.99. The fourth-order valence-electron chi connectivity index (χ4n) is 2.11. The van der Waals surface area contributed by atoms with Crippen molar-refractivity contribution in [2.75, 3.05) is 16.9 Å². The molecule has 1 atom stereocenters. The van der Waals surface area contributed by atoms with Crippen LogP contribution in [0.15, 0.2) is 30.6 Å². The van der Waals surface area contributed by atoms with Gasteiger partial charge in [0, 0.05) is 23.5 Å². The topological polar surface area (TPSA) is 59.0 Å². The van der Waals surface area contributed by atoms with E-state index in [0.717, 1.165) is 17.2 Å². The number of hydrogen-bond acceptors (Lipinski definition) is 4. The van der Waals surface area contributed by atoms with Crippen molar-refractivity contribution < 1.29 is 9.18 Å². The van der Waals surface area contributed by atoms with Gasteiger partial charge < -0.3 is 5.32 Å². The summed E-state index contributed by atoms with van der Waals surface area (Å²) in [5, 5.41) is 9.88. The Morgan fingerprint density at radius 3 is 3.05 bits per heavy atom. The summed E-state index contributed by atoms with van der Waals surface area (Å²) in [5.74, 6) is 0.940. The monoisotopic (exact) mass is 306 g/mol. The quantitative estimate of drug-likeness (QED) is 0.909. The number of halogens is 1. The van der Waals surface area contributed by atoms with Crippen molar-refractivity contribution in [1.29, 1.82) is 0 Å². The zero-order chi connectivity index (χ0) is 14.8. The van der Waals surface area contributed by atoms with E-state index in [4.69, 9.17) is 0 Å². The van der Waals surface area contributed by atoms with Crippen LogP contribution in [0.2, 0.25) is 0 Å². The van der Waals surface area contributed by atoms with Crippen molar-refractivity contribution in [3.05, 3.63) is 42.0 Å². The van der Waals surface area contributed by atoms with Crippen LogP contribution in [-0.2, 0) is 4.79 Å². The van der Waals surface area contributed by atoms with Gasteiger partial charge in [-0.1, -0.05) is 0 Å². The number of rotatable bonds is 3. The fourth-order valence-corrected chi connectivity index (χ4v) is 3.05. The first-order valence-corrected chi connectivity index (χ1v) is 7.72. The zero-order valence-electron chi connectivity index (χ0n) is 11.5. The molecule has 0 radical (unpaired) electrons. The Hall–Kier alpha value is -1.86. The SMILES string of the molecule is Cc1cnn(-c2ccc(NC(=O)C3CSCN3)cc2F)c1. The lowest BCUT2D eigenvalue weighted by Gasteiger charge is -2.11. The number of aromatic nitrogens is 2. The summed E-state index contributed by atoms with van der Waals surface area (Å²) in [6.07, 6.45) is 3.41. The molecule has 1 saturated heterocycles. The molecule has 0 saturated carbocycles. The lowest BCUT2D eigenvalue weighted by atomic mass is 10.2. The van der Waals surface area contributed by atoms with Crippen LogP contribution in [0.1, 0.15) is 5.56 Å². The first-order valence-electron chi connectivity index (χ1n) is 6.56. The second kappa shape index (κ2) is 5.87. The average molecular weight is 306 g/mol. The number of carbonyl (C=O) groups is 1. The fraction of sp³-hybridized carbons (Fsp3) is 0.286. The molecule has 1 aliphatic heterocycles. The minimum absolute atomic E-state index is 0.137. The Labute approximate surface area is 125 Å². The Morgan fingerprint density at radius 1 is 1.57 bits per heavy atom. The van der Waals surface area contributed by atoms with E-state index in [9.17, 15) is 9.18 Å². The summed E-state index contributed by atoms with van der Waals surface area (Å²) < 4.78 is 15.6. The second-order valence-corrected chi connectivity index (χ2v) is 5.92. The lowest BCUT2D eigenvalue weighted by molar-refractivity contribution is -0.117. The Bertz CT molecular complexity index is 667. The van der Waals surface area contributed by atoms with Gasteiger partial charge in [-0.05, 0) is 30.7 Å². The van der Waals surface area contributed by atoms with Crippen molar-refractivity contribution in [3.63, 3.8) is 0 Å². The van der Waals surface area contributed by atoms with E-state index in [1.165, 1.54) is 10.7 Å². The molecule has 1 unspecified atom stereocenters. The van der Waals surface area contributed by atoms with Gasteiger partial charge in [0.25, 0.3) is 0 Å². The van der Waals surface area contributed by atoms with Crippen molar-refractivity contribution in [2.24, 2.45) is 0 Å². The first kappa shape index (κ1) is 14.1.